The zero-order valence-corrected chi connectivity index (χ0v) is 11.2. The molecule has 1 aromatic rings. The summed E-state index contributed by atoms with van der Waals surface area (Å²) in [5, 5.41) is 6.00. The van der Waals surface area contributed by atoms with E-state index < -0.39 is 0 Å². The Morgan fingerprint density at radius 3 is 2.44 bits per heavy atom. The molecule has 2 N–H and O–H groups in total. The Morgan fingerprint density at radius 1 is 1.28 bits per heavy atom. The van der Waals surface area contributed by atoms with E-state index in [1.54, 1.807) is 12.1 Å². The molecule has 4 heteroatoms. The lowest BCUT2D eigenvalue weighted by Gasteiger charge is -2.16. The molecule has 3 nitrogen and oxygen atoms in total. The molecule has 0 saturated heterocycles. The van der Waals surface area contributed by atoms with Crippen LogP contribution in [0.4, 0.5) is 4.39 Å². The summed E-state index contributed by atoms with van der Waals surface area (Å²) in [4.78, 5) is 11.6. The molecule has 1 unspecified atom stereocenters. The number of benzene rings is 1. The molecule has 1 amide bonds. The molecule has 0 aliphatic rings. The first-order valence-electron chi connectivity index (χ1n) is 6.31. The van der Waals surface area contributed by atoms with Crippen molar-refractivity contribution in [2.24, 2.45) is 0 Å². The molecule has 0 aliphatic carbocycles. The van der Waals surface area contributed by atoms with E-state index in [4.69, 9.17) is 0 Å². The number of nitrogens with one attached hydrogen (secondary N) is 2. The standard InChI is InChI=1S/C14H21FN2O/c1-4-10(2)17-14(18)9-16-11(3)12-5-7-13(15)8-6-12/h5-8,10-11,16H,4,9H2,1-3H3,(H,17,18)/t10?,11-/m1/s1. The lowest BCUT2D eigenvalue weighted by Crippen LogP contribution is -2.39. The van der Waals surface area contributed by atoms with Gasteiger partial charge >= 0.3 is 0 Å². The van der Waals surface area contributed by atoms with Gasteiger partial charge < -0.3 is 10.6 Å². The number of carbonyl (C=O) groups is 1. The van der Waals surface area contributed by atoms with Crippen LogP contribution in [0.5, 0.6) is 0 Å². The second kappa shape index (κ2) is 7.11. The van der Waals surface area contributed by atoms with Crippen molar-refractivity contribution in [2.45, 2.75) is 39.3 Å². The Morgan fingerprint density at radius 2 is 1.89 bits per heavy atom. The van der Waals surface area contributed by atoms with Crippen molar-refractivity contribution in [3.63, 3.8) is 0 Å². The molecule has 0 saturated carbocycles. The minimum absolute atomic E-state index is 0.0155. The van der Waals surface area contributed by atoms with Crippen molar-refractivity contribution in [1.82, 2.24) is 10.6 Å². The van der Waals surface area contributed by atoms with E-state index in [2.05, 4.69) is 10.6 Å². The highest BCUT2D eigenvalue weighted by molar-refractivity contribution is 5.78. The molecule has 1 rings (SSSR count). The number of halogens is 1. The zero-order valence-electron chi connectivity index (χ0n) is 11.2. The Kier molecular flexibility index (Phi) is 5.78. The van der Waals surface area contributed by atoms with Gasteiger partial charge in [-0.2, -0.15) is 0 Å². The molecule has 18 heavy (non-hydrogen) atoms. The van der Waals surface area contributed by atoms with Gasteiger partial charge in [-0.3, -0.25) is 4.79 Å². The maximum Gasteiger partial charge on any atom is 0.234 e. The monoisotopic (exact) mass is 252 g/mol. The Balaban J connectivity index is 2.39. The number of rotatable bonds is 6. The topological polar surface area (TPSA) is 41.1 Å². The molecule has 0 aromatic heterocycles. The fourth-order valence-corrected chi connectivity index (χ4v) is 1.54. The van der Waals surface area contributed by atoms with Crippen molar-refractivity contribution in [2.75, 3.05) is 6.54 Å². The summed E-state index contributed by atoms with van der Waals surface area (Å²) in [6.07, 6.45) is 0.916. The van der Waals surface area contributed by atoms with Crippen LogP contribution in [-0.2, 0) is 4.79 Å². The fourth-order valence-electron chi connectivity index (χ4n) is 1.54. The van der Waals surface area contributed by atoms with Crippen LogP contribution < -0.4 is 10.6 Å². The molecule has 1 aromatic carbocycles. The van der Waals surface area contributed by atoms with Crippen molar-refractivity contribution < 1.29 is 9.18 Å². The Bertz CT molecular complexity index is 378. The third kappa shape index (κ3) is 4.84. The van der Waals surface area contributed by atoms with Gasteiger partial charge in [0.25, 0.3) is 0 Å². The van der Waals surface area contributed by atoms with Crippen LogP contribution in [0.3, 0.4) is 0 Å². The number of amides is 1. The molecule has 100 valence electrons. The van der Waals surface area contributed by atoms with E-state index in [1.807, 2.05) is 20.8 Å². The molecule has 0 radical (unpaired) electrons. The first-order valence-corrected chi connectivity index (χ1v) is 6.31. The summed E-state index contributed by atoms with van der Waals surface area (Å²) in [6.45, 7) is 6.22. The minimum atomic E-state index is -0.250. The van der Waals surface area contributed by atoms with Crippen LogP contribution in [0, 0.1) is 5.82 Å². The lowest BCUT2D eigenvalue weighted by atomic mass is 10.1. The van der Waals surface area contributed by atoms with Crippen LogP contribution in [0.2, 0.25) is 0 Å². The SMILES string of the molecule is CCC(C)NC(=O)CN[C@H](C)c1ccc(F)cc1. The molecule has 0 spiro atoms. The number of hydrogen-bond acceptors (Lipinski definition) is 2. The van der Waals surface area contributed by atoms with Gasteiger partial charge in [0.2, 0.25) is 5.91 Å². The largest absolute Gasteiger partial charge is 0.353 e. The average molecular weight is 252 g/mol. The van der Waals surface area contributed by atoms with Gasteiger partial charge in [-0.1, -0.05) is 19.1 Å². The van der Waals surface area contributed by atoms with Crippen LogP contribution in [0.1, 0.15) is 38.8 Å². The predicted molar refractivity (Wildman–Crippen MR) is 70.7 cm³/mol. The smallest absolute Gasteiger partial charge is 0.234 e. The quantitative estimate of drug-likeness (QED) is 0.816. The Labute approximate surface area is 108 Å². The van der Waals surface area contributed by atoms with E-state index in [9.17, 15) is 9.18 Å². The second-order valence-electron chi connectivity index (χ2n) is 4.53. The third-order valence-electron chi connectivity index (χ3n) is 2.96. The zero-order chi connectivity index (χ0) is 13.5. The molecule has 0 fully saturated rings. The number of carbonyl (C=O) groups excluding carboxylic acids is 1. The van der Waals surface area contributed by atoms with Crippen LogP contribution in [-0.4, -0.2) is 18.5 Å². The second-order valence-corrected chi connectivity index (χ2v) is 4.53. The van der Waals surface area contributed by atoms with Gasteiger partial charge in [0.05, 0.1) is 6.54 Å². The lowest BCUT2D eigenvalue weighted by molar-refractivity contribution is -0.120. The normalized spacial score (nSPS) is 14.0. The van der Waals surface area contributed by atoms with Crippen LogP contribution in [0.25, 0.3) is 0 Å². The first-order chi connectivity index (χ1) is 8.52. The third-order valence-corrected chi connectivity index (χ3v) is 2.96. The summed E-state index contributed by atoms with van der Waals surface area (Å²) in [5.74, 6) is -0.265. The van der Waals surface area contributed by atoms with E-state index in [1.165, 1.54) is 12.1 Å². The summed E-state index contributed by atoms with van der Waals surface area (Å²) in [7, 11) is 0. The average Bonchev–Trinajstić information content (AvgIpc) is 2.36. The molecule has 0 heterocycles. The van der Waals surface area contributed by atoms with Crippen LogP contribution in [0.15, 0.2) is 24.3 Å². The van der Waals surface area contributed by atoms with Gasteiger partial charge in [-0.25, -0.2) is 4.39 Å². The Hall–Kier alpha value is -1.42. The van der Waals surface area contributed by atoms with Crippen molar-refractivity contribution in [3.05, 3.63) is 35.6 Å². The molecule has 2 atom stereocenters. The van der Waals surface area contributed by atoms with Gasteiger partial charge in [-0.05, 0) is 38.0 Å². The van der Waals surface area contributed by atoms with Gasteiger partial charge in [0, 0.05) is 12.1 Å². The van der Waals surface area contributed by atoms with Crippen molar-refractivity contribution in [1.29, 1.82) is 0 Å². The minimum Gasteiger partial charge on any atom is -0.353 e. The van der Waals surface area contributed by atoms with Crippen LogP contribution >= 0.6 is 0 Å². The molecule has 0 aliphatic heterocycles. The van der Waals surface area contributed by atoms with E-state index in [0.717, 1.165) is 12.0 Å². The summed E-state index contributed by atoms with van der Waals surface area (Å²) in [5.41, 5.74) is 0.965. The highest BCUT2D eigenvalue weighted by Crippen LogP contribution is 2.12. The first kappa shape index (κ1) is 14.6. The summed E-state index contributed by atoms with van der Waals surface area (Å²) in [6, 6.07) is 6.51. The summed E-state index contributed by atoms with van der Waals surface area (Å²) >= 11 is 0. The maximum absolute atomic E-state index is 12.8. The van der Waals surface area contributed by atoms with Crippen molar-refractivity contribution in [3.8, 4) is 0 Å². The summed E-state index contributed by atoms with van der Waals surface area (Å²) < 4.78 is 12.8. The molecule has 0 bridgehead atoms. The molecular weight excluding hydrogens is 231 g/mol. The fraction of sp³-hybridized carbons (Fsp3) is 0.500. The number of hydrogen-bond donors (Lipinski definition) is 2. The maximum atomic E-state index is 12.8. The predicted octanol–water partition coefficient (Wildman–Crippen LogP) is 2.39. The van der Waals surface area contributed by atoms with E-state index in [-0.39, 0.29) is 30.4 Å². The highest BCUT2D eigenvalue weighted by atomic mass is 19.1. The molecular formula is C14H21FN2O. The van der Waals surface area contributed by atoms with Crippen molar-refractivity contribution >= 4 is 5.91 Å². The van der Waals surface area contributed by atoms with Gasteiger partial charge in [0.15, 0.2) is 0 Å². The van der Waals surface area contributed by atoms with E-state index in [0.29, 0.717) is 0 Å². The van der Waals surface area contributed by atoms with Gasteiger partial charge in [0.1, 0.15) is 5.82 Å². The van der Waals surface area contributed by atoms with E-state index >= 15 is 0 Å². The van der Waals surface area contributed by atoms with Gasteiger partial charge in [-0.15, -0.1) is 0 Å². The highest BCUT2D eigenvalue weighted by Gasteiger charge is 2.09.